The van der Waals surface area contributed by atoms with Gasteiger partial charge >= 0.3 is 5.69 Å². The van der Waals surface area contributed by atoms with E-state index >= 15 is 0 Å². The highest BCUT2D eigenvalue weighted by atomic mass is 35.5. The van der Waals surface area contributed by atoms with Crippen LogP contribution in [0, 0.1) is 6.92 Å². The Bertz CT molecular complexity index is 1700. The molecule has 3 heterocycles. The molecular weight excluding hydrogens is 526 g/mol. The zero-order valence-corrected chi connectivity index (χ0v) is 23.8. The molecule has 1 saturated heterocycles. The molecule has 1 amide bonds. The summed E-state index contributed by atoms with van der Waals surface area (Å²) in [5.41, 5.74) is 3.32. The molecule has 0 saturated carbocycles. The smallest absolute Gasteiger partial charge is 0.355 e. The zero-order chi connectivity index (χ0) is 28.7. The van der Waals surface area contributed by atoms with Crippen molar-refractivity contribution >= 4 is 34.4 Å². The van der Waals surface area contributed by atoms with Crippen LogP contribution in [0.4, 0.5) is 5.82 Å². The van der Waals surface area contributed by atoms with E-state index in [9.17, 15) is 14.7 Å². The number of aryl methyl sites for hydroxylation is 1. The van der Waals surface area contributed by atoms with Gasteiger partial charge in [-0.3, -0.25) is 4.79 Å². The monoisotopic (exact) mass is 557 g/mol. The number of nitrogens with zero attached hydrogens (tertiary/aromatic N) is 5. The van der Waals surface area contributed by atoms with Crippen LogP contribution in [0.25, 0.3) is 28.0 Å². The van der Waals surface area contributed by atoms with Crippen LogP contribution < -0.4 is 10.6 Å². The minimum Gasteiger partial charge on any atom is -0.507 e. The van der Waals surface area contributed by atoms with Gasteiger partial charge in [-0.15, -0.1) is 0 Å². The first kappa shape index (κ1) is 27.4. The van der Waals surface area contributed by atoms with Crippen LogP contribution in [0.2, 0.25) is 5.02 Å². The van der Waals surface area contributed by atoms with Gasteiger partial charge in [0.15, 0.2) is 5.65 Å². The quantitative estimate of drug-likeness (QED) is 0.328. The van der Waals surface area contributed by atoms with E-state index < -0.39 is 5.69 Å². The Morgan fingerprint density at radius 3 is 2.58 bits per heavy atom. The van der Waals surface area contributed by atoms with E-state index in [1.165, 1.54) is 10.6 Å². The number of anilines is 1. The molecule has 0 radical (unpaired) electrons. The Morgan fingerprint density at radius 1 is 1.15 bits per heavy atom. The topological polar surface area (TPSA) is 91.6 Å². The van der Waals surface area contributed by atoms with Crippen molar-refractivity contribution in [3.8, 4) is 22.7 Å². The van der Waals surface area contributed by atoms with E-state index in [0.717, 1.165) is 11.1 Å². The van der Waals surface area contributed by atoms with Crippen molar-refractivity contribution < 1.29 is 9.90 Å². The van der Waals surface area contributed by atoms with Crippen molar-refractivity contribution in [3.05, 3.63) is 87.8 Å². The lowest BCUT2D eigenvalue weighted by molar-refractivity contribution is -0.126. The van der Waals surface area contributed by atoms with Gasteiger partial charge in [0.25, 0.3) is 0 Å². The van der Waals surface area contributed by atoms with Crippen LogP contribution in [-0.2, 0) is 4.79 Å². The average molecular weight is 558 g/mol. The second-order valence-electron chi connectivity index (χ2n) is 10.5. The molecule has 40 heavy (non-hydrogen) atoms. The predicted molar refractivity (Wildman–Crippen MR) is 160 cm³/mol. The second-order valence-corrected chi connectivity index (χ2v) is 10.9. The summed E-state index contributed by atoms with van der Waals surface area (Å²) in [6, 6.07) is 14.7. The number of carbonyl (C=O) groups excluding carboxylic acids is 1. The van der Waals surface area contributed by atoms with E-state index in [4.69, 9.17) is 16.6 Å². The van der Waals surface area contributed by atoms with Crippen molar-refractivity contribution in [1.82, 2.24) is 19.4 Å². The molecule has 8 nitrogen and oxygen atoms in total. The van der Waals surface area contributed by atoms with E-state index in [-0.39, 0.29) is 23.6 Å². The maximum Gasteiger partial charge on any atom is 0.355 e. The molecule has 0 unspecified atom stereocenters. The molecular formula is C31H32ClN5O3. The summed E-state index contributed by atoms with van der Waals surface area (Å²) in [5, 5.41) is 11.7. The number of halogens is 1. The number of para-hydroxylation sites is 1. The lowest BCUT2D eigenvalue weighted by atomic mass is 10.0. The number of phenols is 1. The van der Waals surface area contributed by atoms with E-state index in [2.05, 4.69) is 25.4 Å². The number of hydrogen-bond acceptors (Lipinski definition) is 6. The minimum absolute atomic E-state index is 0.0520. The number of pyridine rings is 1. The molecule has 1 aliphatic heterocycles. The fraction of sp³-hybridized carbons (Fsp3) is 0.290. The van der Waals surface area contributed by atoms with Gasteiger partial charge in [-0.05, 0) is 61.2 Å². The van der Waals surface area contributed by atoms with Gasteiger partial charge in [0.1, 0.15) is 11.6 Å². The van der Waals surface area contributed by atoms with Crippen molar-refractivity contribution in [1.29, 1.82) is 0 Å². The molecule has 2 aromatic carbocycles. The Kier molecular flexibility index (Phi) is 7.38. The number of benzene rings is 2. The van der Waals surface area contributed by atoms with E-state index in [1.807, 2.05) is 49.1 Å². The fourth-order valence-corrected chi connectivity index (χ4v) is 5.61. The summed E-state index contributed by atoms with van der Waals surface area (Å²) in [6.45, 7) is 13.0. The van der Waals surface area contributed by atoms with Gasteiger partial charge in [-0.25, -0.2) is 14.3 Å². The maximum atomic E-state index is 13.9. The Labute approximate surface area is 238 Å². The van der Waals surface area contributed by atoms with Crippen LogP contribution in [0.1, 0.15) is 37.8 Å². The number of hydrogen-bond donors (Lipinski definition) is 1. The van der Waals surface area contributed by atoms with Gasteiger partial charge < -0.3 is 14.9 Å². The standard InChI is InChI=1S/C31H32ClN5O3/c1-6-27(39)35-13-14-36(20(5)17-35)29-23-16-24(32)28(22-12-11-19(4)15-26(22)38)33-30(23)37(31(40)34-29)25-10-8-7-9-21(25)18(2)3/h6-12,15-16,18,20,38H,1,13-14,17H2,2-5H3/t20-/m0/s1. The number of piperazine rings is 1. The number of carbonyl (C=O) groups is 1. The van der Waals surface area contributed by atoms with E-state index in [0.29, 0.717) is 58.5 Å². The van der Waals surface area contributed by atoms with Gasteiger partial charge in [0.2, 0.25) is 5.91 Å². The predicted octanol–water partition coefficient (Wildman–Crippen LogP) is 5.46. The molecule has 0 aliphatic carbocycles. The van der Waals surface area contributed by atoms with Gasteiger partial charge in [-0.1, -0.05) is 56.3 Å². The highest BCUT2D eigenvalue weighted by molar-refractivity contribution is 6.34. The third-order valence-corrected chi connectivity index (χ3v) is 7.68. The number of phenolic OH excluding ortho intramolecular Hbond substituents is 1. The van der Waals surface area contributed by atoms with Crippen molar-refractivity contribution in [2.24, 2.45) is 0 Å². The number of amides is 1. The van der Waals surface area contributed by atoms with Crippen molar-refractivity contribution in [2.45, 2.75) is 39.7 Å². The summed E-state index contributed by atoms with van der Waals surface area (Å²) in [7, 11) is 0. The van der Waals surface area contributed by atoms with Crippen LogP contribution in [0.15, 0.2) is 66.0 Å². The summed E-state index contributed by atoms with van der Waals surface area (Å²) in [5.74, 6) is 0.528. The van der Waals surface area contributed by atoms with Gasteiger partial charge in [0.05, 0.1) is 21.8 Å². The molecule has 1 atom stereocenters. The van der Waals surface area contributed by atoms with Crippen LogP contribution in [0.5, 0.6) is 5.75 Å². The van der Waals surface area contributed by atoms with Crippen LogP contribution in [-0.4, -0.2) is 56.1 Å². The summed E-state index contributed by atoms with van der Waals surface area (Å²) < 4.78 is 1.53. The number of fused-ring (bicyclic) bond motifs is 1. The molecule has 1 aliphatic rings. The highest BCUT2D eigenvalue weighted by Crippen LogP contribution is 2.38. The van der Waals surface area contributed by atoms with Crippen LogP contribution >= 0.6 is 11.6 Å². The lowest BCUT2D eigenvalue weighted by Crippen LogP contribution is -2.54. The third-order valence-electron chi connectivity index (χ3n) is 7.40. The first-order valence-electron chi connectivity index (χ1n) is 13.3. The zero-order valence-electron chi connectivity index (χ0n) is 23.1. The second kappa shape index (κ2) is 10.8. The fourth-order valence-electron chi connectivity index (χ4n) is 5.35. The highest BCUT2D eigenvalue weighted by Gasteiger charge is 2.30. The molecule has 0 bridgehead atoms. The van der Waals surface area contributed by atoms with E-state index in [1.54, 1.807) is 23.1 Å². The van der Waals surface area contributed by atoms with Crippen LogP contribution in [0.3, 0.4) is 0 Å². The molecule has 0 spiro atoms. The molecule has 4 aromatic rings. The van der Waals surface area contributed by atoms with Gasteiger partial charge in [0, 0.05) is 31.2 Å². The molecule has 206 valence electrons. The van der Waals surface area contributed by atoms with Crippen molar-refractivity contribution in [2.75, 3.05) is 24.5 Å². The molecule has 9 heteroatoms. The summed E-state index contributed by atoms with van der Waals surface area (Å²) >= 11 is 6.83. The number of rotatable bonds is 5. The minimum atomic E-state index is -0.471. The first-order chi connectivity index (χ1) is 19.1. The molecule has 5 rings (SSSR count). The first-order valence-corrected chi connectivity index (χ1v) is 13.7. The molecule has 1 N–H and O–H groups in total. The summed E-state index contributed by atoms with van der Waals surface area (Å²) in [4.78, 5) is 39.4. The Hall–Kier alpha value is -4.17. The largest absolute Gasteiger partial charge is 0.507 e. The SMILES string of the molecule is C=CC(=O)N1CCN(c2nc(=O)n(-c3ccccc3C(C)C)c3nc(-c4ccc(C)cc4O)c(Cl)cc23)[C@@H](C)C1. The average Bonchev–Trinajstić information content (AvgIpc) is 2.92. The maximum absolute atomic E-state index is 13.9. The number of aromatic hydroxyl groups is 1. The molecule has 1 fully saturated rings. The van der Waals surface area contributed by atoms with Crippen molar-refractivity contribution in [3.63, 3.8) is 0 Å². The lowest BCUT2D eigenvalue weighted by Gasteiger charge is -2.40. The Balaban J connectivity index is 1.79. The van der Waals surface area contributed by atoms with Gasteiger partial charge in [-0.2, -0.15) is 4.98 Å². The molecule has 2 aromatic heterocycles. The summed E-state index contributed by atoms with van der Waals surface area (Å²) in [6.07, 6.45) is 1.31. The third kappa shape index (κ3) is 4.84. The number of aromatic nitrogens is 3. The Morgan fingerprint density at radius 2 is 1.90 bits per heavy atom. The normalized spacial score (nSPS) is 15.6.